The minimum atomic E-state index is 0.838. The van der Waals surface area contributed by atoms with Gasteiger partial charge in [-0.1, -0.05) is 13.8 Å². The fraction of sp³-hybridized carbons (Fsp3) is 0.750. The number of hydrogen-bond acceptors (Lipinski definition) is 3. The van der Waals surface area contributed by atoms with Crippen LogP contribution in [0, 0.1) is 18.8 Å². The van der Waals surface area contributed by atoms with Crippen LogP contribution in [0.15, 0.2) is 5.38 Å². The predicted molar refractivity (Wildman–Crippen MR) is 66.6 cm³/mol. The van der Waals surface area contributed by atoms with E-state index >= 15 is 0 Å². The molecule has 1 saturated heterocycles. The third-order valence-corrected chi connectivity index (χ3v) is 4.38. The molecule has 1 aliphatic rings. The van der Waals surface area contributed by atoms with Gasteiger partial charge in [-0.3, -0.25) is 0 Å². The zero-order valence-corrected chi connectivity index (χ0v) is 10.7. The predicted octanol–water partition coefficient (Wildman–Crippen LogP) is 3.32. The van der Waals surface area contributed by atoms with Crippen molar-refractivity contribution in [1.82, 2.24) is 4.98 Å². The molecular formula is C12H20N2S. The standard InChI is InChI=1S/C12H20N2S/c1-9(2)11-4-6-14(7-5-11)12-13-10(3)8-15-12/h8-9,11H,4-7H2,1-3H3. The van der Waals surface area contributed by atoms with Crippen LogP contribution < -0.4 is 4.90 Å². The third kappa shape index (κ3) is 2.51. The Bertz CT molecular complexity index is 311. The van der Waals surface area contributed by atoms with Crippen molar-refractivity contribution in [2.45, 2.75) is 33.6 Å². The molecule has 1 aromatic rings. The molecule has 1 aliphatic heterocycles. The lowest BCUT2D eigenvalue weighted by Gasteiger charge is -2.33. The Morgan fingerprint density at radius 2 is 2.07 bits per heavy atom. The summed E-state index contributed by atoms with van der Waals surface area (Å²) in [4.78, 5) is 6.99. The van der Waals surface area contributed by atoms with E-state index in [1.165, 1.54) is 31.1 Å². The molecule has 0 radical (unpaired) electrons. The van der Waals surface area contributed by atoms with Crippen LogP contribution in [0.5, 0.6) is 0 Å². The summed E-state index contributed by atoms with van der Waals surface area (Å²) in [7, 11) is 0. The number of thiazole rings is 1. The lowest BCUT2D eigenvalue weighted by Crippen LogP contribution is -2.35. The lowest BCUT2D eigenvalue weighted by molar-refractivity contribution is 0.311. The molecule has 0 amide bonds. The minimum absolute atomic E-state index is 0.838. The zero-order chi connectivity index (χ0) is 10.8. The number of anilines is 1. The van der Waals surface area contributed by atoms with Crippen LogP contribution in [0.1, 0.15) is 32.4 Å². The second kappa shape index (κ2) is 4.52. The van der Waals surface area contributed by atoms with Gasteiger partial charge in [-0.2, -0.15) is 0 Å². The summed E-state index contributed by atoms with van der Waals surface area (Å²) in [5.41, 5.74) is 1.15. The Kier molecular flexibility index (Phi) is 3.29. The van der Waals surface area contributed by atoms with Crippen molar-refractivity contribution < 1.29 is 0 Å². The highest BCUT2D eigenvalue weighted by atomic mass is 32.1. The van der Waals surface area contributed by atoms with E-state index in [0.29, 0.717) is 0 Å². The number of hydrogen-bond donors (Lipinski definition) is 0. The van der Waals surface area contributed by atoms with Crippen molar-refractivity contribution >= 4 is 16.5 Å². The normalized spacial score (nSPS) is 18.8. The van der Waals surface area contributed by atoms with Gasteiger partial charge >= 0.3 is 0 Å². The summed E-state index contributed by atoms with van der Waals surface area (Å²) in [5, 5.41) is 3.36. The largest absolute Gasteiger partial charge is 0.348 e. The molecule has 84 valence electrons. The van der Waals surface area contributed by atoms with Crippen LogP contribution in [0.25, 0.3) is 0 Å². The topological polar surface area (TPSA) is 16.1 Å². The molecule has 0 unspecified atom stereocenters. The molecule has 0 N–H and O–H groups in total. The van der Waals surface area contributed by atoms with E-state index in [9.17, 15) is 0 Å². The van der Waals surface area contributed by atoms with Crippen molar-refractivity contribution in [3.63, 3.8) is 0 Å². The SMILES string of the molecule is Cc1csc(N2CCC(C(C)C)CC2)n1. The van der Waals surface area contributed by atoms with Gasteiger partial charge in [-0.15, -0.1) is 11.3 Å². The van der Waals surface area contributed by atoms with Crippen molar-refractivity contribution in [2.75, 3.05) is 18.0 Å². The number of aromatic nitrogens is 1. The van der Waals surface area contributed by atoms with Gasteiger partial charge in [0.25, 0.3) is 0 Å². The highest BCUT2D eigenvalue weighted by molar-refractivity contribution is 7.13. The van der Waals surface area contributed by atoms with Gasteiger partial charge < -0.3 is 4.90 Å². The fourth-order valence-corrected chi connectivity index (χ4v) is 3.10. The van der Waals surface area contributed by atoms with E-state index in [1.54, 1.807) is 11.3 Å². The minimum Gasteiger partial charge on any atom is -0.348 e. The number of aryl methyl sites for hydroxylation is 1. The van der Waals surface area contributed by atoms with Crippen LogP contribution in [-0.4, -0.2) is 18.1 Å². The molecule has 2 heterocycles. The summed E-state index contributed by atoms with van der Waals surface area (Å²) in [5.74, 6) is 1.76. The van der Waals surface area contributed by atoms with Crippen molar-refractivity contribution in [1.29, 1.82) is 0 Å². The Hall–Kier alpha value is -0.570. The molecule has 0 spiro atoms. The first-order valence-corrected chi connectivity index (χ1v) is 6.72. The number of rotatable bonds is 2. The molecule has 0 saturated carbocycles. The van der Waals surface area contributed by atoms with Crippen LogP contribution >= 0.6 is 11.3 Å². The average molecular weight is 224 g/mol. The summed E-state index contributed by atoms with van der Waals surface area (Å²) < 4.78 is 0. The molecule has 3 heteroatoms. The van der Waals surface area contributed by atoms with Gasteiger partial charge in [0, 0.05) is 18.5 Å². The molecule has 1 fully saturated rings. The fourth-order valence-electron chi connectivity index (χ4n) is 2.24. The quantitative estimate of drug-likeness (QED) is 0.766. The van der Waals surface area contributed by atoms with Crippen LogP contribution in [0.2, 0.25) is 0 Å². The Balaban J connectivity index is 1.93. The highest BCUT2D eigenvalue weighted by Gasteiger charge is 2.22. The van der Waals surface area contributed by atoms with E-state index in [2.05, 4.69) is 36.0 Å². The Morgan fingerprint density at radius 3 is 2.53 bits per heavy atom. The van der Waals surface area contributed by atoms with Crippen LogP contribution in [-0.2, 0) is 0 Å². The van der Waals surface area contributed by atoms with E-state index in [-0.39, 0.29) is 0 Å². The third-order valence-electron chi connectivity index (χ3n) is 3.36. The Labute approximate surface area is 96.3 Å². The van der Waals surface area contributed by atoms with Gasteiger partial charge in [0.15, 0.2) is 5.13 Å². The van der Waals surface area contributed by atoms with E-state index in [0.717, 1.165) is 17.5 Å². The number of piperidine rings is 1. The van der Waals surface area contributed by atoms with Gasteiger partial charge in [0.2, 0.25) is 0 Å². The van der Waals surface area contributed by atoms with Gasteiger partial charge in [-0.25, -0.2) is 4.98 Å². The first kappa shape index (κ1) is 10.9. The van der Waals surface area contributed by atoms with E-state index < -0.39 is 0 Å². The molecule has 1 aromatic heterocycles. The molecule has 0 atom stereocenters. The van der Waals surface area contributed by atoms with E-state index in [1.807, 2.05) is 0 Å². The van der Waals surface area contributed by atoms with E-state index in [4.69, 9.17) is 0 Å². The molecule has 15 heavy (non-hydrogen) atoms. The van der Waals surface area contributed by atoms with Crippen LogP contribution in [0.3, 0.4) is 0 Å². The lowest BCUT2D eigenvalue weighted by atomic mass is 9.87. The molecule has 2 rings (SSSR count). The van der Waals surface area contributed by atoms with Crippen molar-refractivity contribution in [3.05, 3.63) is 11.1 Å². The average Bonchev–Trinajstić information content (AvgIpc) is 2.65. The van der Waals surface area contributed by atoms with Gasteiger partial charge in [-0.05, 0) is 31.6 Å². The van der Waals surface area contributed by atoms with Crippen LogP contribution in [0.4, 0.5) is 5.13 Å². The Morgan fingerprint density at radius 1 is 1.40 bits per heavy atom. The second-order valence-electron chi connectivity index (χ2n) is 4.84. The van der Waals surface area contributed by atoms with Crippen molar-refractivity contribution in [2.24, 2.45) is 11.8 Å². The maximum absolute atomic E-state index is 4.55. The molecule has 0 bridgehead atoms. The summed E-state index contributed by atoms with van der Waals surface area (Å²) in [6.45, 7) is 9.13. The zero-order valence-electron chi connectivity index (χ0n) is 9.86. The number of nitrogens with zero attached hydrogens (tertiary/aromatic N) is 2. The molecular weight excluding hydrogens is 204 g/mol. The second-order valence-corrected chi connectivity index (χ2v) is 5.68. The van der Waals surface area contributed by atoms with Gasteiger partial charge in [0.1, 0.15) is 0 Å². The molecule has 2 nitrogen and oxygen atoms in total. The summed E-state index contributed by atoms with van der Waals surface area (Å²) >= 11 is 1.78. The summed E-state index contributed by atoms with van der Waals surface area (Å²) in [6.07, 6.45) is 2.66. The highest BCUT2D eigenvalue weighted by Crippen LogP contribution is 2.29. The maximum Gasteiger partial charge on any atom is 0.185 e. The maximum atomic E-state index is 4.55. The van der Waals surface area contributed by atoms with Gasteiger partial charge in [0.05, 0.1) is 5.69 Å². The monoisotopic (exact) mass is 224 g/mol. The first-order valence-electron chi connectivity index (χ1n) is 5.84. The molecule has 0 aromatic carbocycles. The molecule has 0 aliphatic carbocycles. The first-order chi connectivity index (χ1) is 7.16. The van der Waals surface area contributed by atoms with Crippen molar-refractivity contribution in [3.8, 4) is 0 Å². The smallest absolute Gasteiger partial charge is 0.185 e. The summed E-state index contributed by atoms with van der Waals surface area (Å²) in [6, 6.07) is 0.